The van der Waals surface area contributed by atoms with Gasteiger partial charge >= 0.3 is 0 Å². The number of hydrogen-bond acceptors (Lipinski definition) is 3. The molecule has 1 aliphatic carbocycles. The molecule has 1 saturated carbocycles. The van der Waals surface area contributed by atoms with Gasteiger partial charge in [0.15, 0.2) is 0 Å². The second-order valence-corrected chi connectivity index (χ2v) is 6.78. The summed E-state index contributed by atoms with van der Waals surface area (Å²) in [6, 6.07) is 5.83. The summed E-state index contributed by atoms with van der Waals surface area (Å²) in [4.78, 5) is 15.5. The van der Waals surface area contributed by atoms with Crippen molar-refractivity contribution in [2.75, 3.05) is 13.2 Å². The summed E-state index contributed by atoms with van der Waals surface area (Å²) < 4.78 is 5.68. The maximum atomic E-state index is 12.4. The summed E-state index contributed by atoms with van der Waals surface area (Å²) in [5, 5.41) is 14.4. The number of hydrogen-bond donors (Lipinski definition) is 3. The number of carbonyl (C=O) groups is 1. The molecule has 1 heterocycles. The van der Waals surface area contributed by atoms with Gasteiger partial charge in [-0.15, -0.1) is 0 Å². The van der Waals surface area contributed by atoms with Crippen LogP contribution in [0.3, 0.4) is 0 Å². The second kappa shape index (κ2) is 6.85. The van der Waals surface area contributed by atoms with Crippen LogP contribution in [0.4, 0.5) is 0 Å². The first kappa shape index (κ1) is 16.8. The number of H-pyrrole nitrogens is 1. The molecule has 0 bridgehead atoms. The summed E-state index contributed by atoms with van der Waals surface area (Å²) in [6.45, 7) is 4.91. The van der Waals surface area contributed by atoms with Crippen LogP contribution in [0.5, 0.6) is 5.75 Å². The molecule has 0 radical (unpaired) electrons. The molecule has 0 spiro atoms. The van der Waals surface area contributed by atoms with E-state index in [4.69, 9.17) is 4.74 Å². The molecule has 0 saturated heterocycles. The fourth-order valence-electron chi connectivity index (χ4n) is 3.61. The van der Waals surface area contributed by atoms with Gasteiger partial charge in [-0.2, -0.15) is 0 Å². The van der Waals surface area contributed by atoms with Gasteiger partial charge in [0.05, 0.1) is 18.6 Å². The van der Waals surface area contributed by atoms with E-state index in [2.05, 4.69) is 10.3 Å². The Hall–Kier alpha value is -2.01. The molecule has 1 aromatic carbocycles. The van der Waals surface area contributed by atoms with E-state index < -0.39 is 5.60 Å². The first-order chi connectivity index (χ1) is 11.5. The lowest BCUT2D eigenvalue weighted by molar-refractivity contribution is -0.122. The summed E-state index contributed by atoms with van der Waals surface area (Å²) in [6.07, 6.45) is 4.94. The van der Waals surface area contributed by atoms with E-state index in [1.165, 1.54) is 0 Å². The van der Waals surface area contributed by atoms with E-state index >= 15 is 0 Å². The normalized spacial score (nSPS) is 23.5. The third-order valence-electron chi connectivity index (χ3n) is 5.16. The summed E-state index contributed by atoms with van der Waals surface area (Å²) >= 11 is 0. The molecular weight excluding hydrogens is 304 g/mol. The second-order valence-electron chi connectivity index (χ2n) is 6.78. The maximum Gasteiger partial charge on any atom is 0.224 e. The van der Waals surface area contributed by atoms with Crippen molar-refractivity contribution in [1.29, 1.82) is 0 Å². The number of benzene rings is 1. The highest BCUT2D eigenvalue weighted by Crippen LogP contribution is 2.34. The minimum atomic E-state index is -0.758. The van der Waals surface area contributed by atoms with E-state index in [1.807, 2.05) is 38.2 Å². The Morgan fingerprint density at radius 1 is 1.50 bits per heavy atom. The number of nitrogens with one attached hydrogen (secondary N) is 2. The van der Waals surface area contributed by atoms with Gasteiger partial charge in [0.1, 0.15) is 5.75 Å². The van der Waals surface area contributed by atoms with Gasteiger partial charge in [-0.1, -0.05) is 19.4 Å². The van der Waals surface area contributed by atoms with E-state index in [0.717, 1.165) is 41.5 Å². The predicted molar refractivity (Wildman–Crippen MR) is 94.1 cm³/mol. The fourth-order valence-corrected chi connectivity index (χ4v) is 3.61. The molecule has 3 N–H and O–H groups in total. The molecule has 1 aliphatic rings. The molecule has 1 aromatic heterocycles. The van der Waals surface area contributed by atoms with Crippen molar-refractivity contribution in [3.8, 4) is 5.75 Å². The van der Waals surface area contributed by atoms with E-state index in [-0.39, 0.29) is 18.2 Å². The van der Waals surface area contributed by atoms with Crippen LogP contribution in [-0.4, -0.2) is 34.8 Å². The minimum Gasteiger partial charge on any atom is -0.493 e. The SMILES string of the molecule is CCOc1cccc2[nH]cc(CC(=O)NCC3(O)CCCC3C)c12. The van der Waals surface area contributed by atoms with Gasteiger partial charge in [0.2, 0.25) is 5.91 Å². The minimum absolute atomic E-state index is 0.0743. The quantitative estimate of drug-likeness (QED) is 0.762. The van der Waals surface area contributed by atoms with Crippen LogP contribution in [0.2, 0.25) is 0 Å². The standard InChI is InChI=1S/C19H26N2O3/c1-3-24-16-8-4-7-15-18(16)14(11-20-15)10-17(22)21-12-19(23)9-5-6-13(19)2/h4,7-8,11,13,20,23H,3,5-6,9-10,12H2,1-2H3,(H,21,22). The molecule has 0 aliphatic heterocycles. The monoisotopic (exact) mass is 330 g/mol. The molecule has 2 aromatic rings. The van der Waals surface area contributed by atoms with Crippen molar-refractivity contribution in [3.05, 3.63) is 30.0 Å². The van der Waals surface area contributed by atoms with E-state index in [1.54, 1.807) is 0 Å². The van der Waals surface area contributed by atoms with Crippen LogP contribution in [0.1, 0.15) is 38.7 Å². The third kappa shape index (κ3) is 3.26. The molecule has 24 heavy (non-hydrogen) atoms. The Kier molecular flexibility index (Phi) is 4.81. The summed E-state index contributed by atoms with van der Waals surface area (Å²) in [5.74, 6) is 0.951. The van der Waals surface area contributed by atoms with E-state index in [9.17, 15) is 9.90 Å². The highest BCUT2D eigenvalue weighted by atomic mass is 16.5. The Labute approximate surface area is 142 Å². The Bertz CT molecular complexity index is 724. The molecule has 1 fully saturated rings. The average Bonchev–Trinajstić information content (AvgIpc) is 3.11. The molecule has 2 atom stereocenters. The lowest BCUT2D eigenvalue weighted by Gasteiger charge is -2.27. The number of amides is 1. The first-order valence-corrected chi connectivity index (χ1v) is 8.74. The molecule has 1 amide bonds. The summed E-state index contributed by atoms with van der Waals surface area (Å²) in [5.41, 5.74) is 1.12. The van der Waals surface area contributed by atoms with E-state index in [0.29, 0.717) is 13.2 Å². The Morgan fingerprint density at radius 3 is 3.04 bits per heavy atom. The number of aliphatic hydroxyl groups is 1. The lowest BCUT2D eigenvalue weighted by Crippen LogP contribution is -2.45. The van der Waals surface area contributed by atoms with Crippen molar-refractivity contribution >= 4 is 16.8 Å². The van der Waals surface area contributed by atoms with Crippen LogP contribution in [0.25, 0.3) is 10.9 Å². The van der Waals surface area contributed by atoms with Crippen LogP contribution < -0.4 is 10.1 Å². The van der Waals surface area contributed by atoms with Gasteiger partial charge in [0.25, 0.3) is 0 Å². The zero-order chi connectivity index (χ0) is 17.2. The number of fused-ring (bicyclic) bond motifs is 1. The molecule has 5 heteroatoms. The highest BCUT2D eigenvalue weighted by molar-refractivity contribution is 5.93. The number of rotatable bonds is 6. The Morgan fingerprint density at radius 2 is 2.33 bits per heavy atom. The predicted octanol–water partition coefficient (Wildman–Crippen LogP) is 2.78. The van der Waals surface area contributed by atoms with Crippen molar-refractivity contribution in [2.24, 2.45) is 5.92 Å². The molecule has 3 rings (SSSR count). The number of aromatic amines is 1. The van der Waals surface area contributed by atoms with Gasteiger partial charge in [-0.25, -0.2) is 0 Å². The largest absolute Gasteiger partial charge is 0.493 e. The smallest absolute Gasteiger partial charge is 0.224 e. The van der Waals surface area contributed by atoms with Gasteiger partial charge in [-0.05, 0) is 43.4 Å². The number of aromatic nitrogens is 1. The average molecular weight is 330 g/mol. The van der Waals surface area contributed by atoms with Gasteiger partial charge in [-0.3, -0.25) is 4.79 Å². The number of carbonyl (C=O) groups excluding carboxylic acids is 1. The number of ether oxygens (including phenoxy) is 1. The fraction of sp³-hybridized carbons (Fsp3) is 0.526. The van der Waals surface area contributed by atoms with Gasteiger partial charge in [0, 0.05) is 23.6 Å². The zero-order valence-corrected chi connectivity index (χ0v) is 14.4. The molecule has 130 valence electrons. The zero-order valence-electron chi connectivity index (χ0n) is 14.4. The lowest BCUT2D eigenvalue weighted by atomic mass is 9.92. The van der Waals surface area contributed by atoms with Crippen LogP contribution in [0, 0.1) is 5.92 Å². The molecule has 5 nitrogen and oxygen atoms in total. The van der Waals surface area contributed by atoms with Crippen molar-refractivity contribution in [1.82, 2.24) is 10.3 Å². The third-order valence-corrected chi connectivity index (χ3v) is 5.16. The highest BCUT2D eigenvalue weighted by Gasteiger charge is 2.38. The maximum absolute atomic E-state index is 12.4. The van der Waals surface area contributed by atoms with Crippen LogP contribution >= 0.6 is 0 Å². The topological polar surface area (TPSA) is 74.4 Å². The van der Waals surface area contributed by atoms with Crippen LogP contribution in [-0.2, 0) is 11.2 Å². The summed E-state index contributed by atoms with van der Waals surface area (Å²) in [7, 11) is 0. The molecular formula is C19H26N2O3. The Balaban J connectivity index is 1.69. The van der Waals surface area contributed by atoms with Crippen LogP contribution in [0.15, 0.2) is 24.4 Å². The van der Waals surface area contributed by atoms with Gasteiger partial charge < -0.3 is 20.1 Å². The van der Waals surface area contributed by atoms with Crippen molar-refractivity contribution < 1.29 is 14.6 Å². The first-order valence-electron chi connectivity index (χ1n) is 8.74. The van der Waals surface area contributed by atoms with Crippen molar-refractivity contribution in [2.45, 2.75) is 45.1 Å². The molecule has 2 unspecified atom stereocenters. The van der Waals surface area contributed by atoms with Crippen molar-refractivity contribution in [3.63, 3.8) is 0 Å².